The van der Waals surface area contributed by atoms with E-state index in [1.54, 1.807) is 0 Å². The van der Waals surface area contributed by atoms with E-state index >= 15 is 0 Å². The van der Waals surface area contributed by atoms with E-state index in [1.807, 2.05) is 7.05 Å². The van der Waals surface area contributed by atoms with Gasteiger partial charge in [-0.15, -0.1) is 24.0 Å². The number of unbranched alkanes of at least 4 members (excludes halogenated alkanes) is 1. The molecule has 2 atom stereocenters. The zero-order valence-electron chi connectivity index (χ0n) is 13.8. The fourth-order valence-electron chi connectivity index (χ4n) is 2.39. The van der Waals surface area contributed by atoms with Crippen LogP contribution in [0, 0.1) is 5.41 Å². The van der Waals surface area contributed by atoms with Gasteiger partial charge < -0.3 is 15.4 Å². The summed E-state index contributed by atoms with van der Waals surface area (Å²) in [5.41, 5.74) is 0.169. The predicted octanol–water partition coefficient (Wildman–Crippen LogP) is 3.16. The maximum Gasteiger partial charge on any atom is 0.191 e. The summed E-state index contributed by atoms with van der Waals surface area (Å²) in [5.74, 6) is 0.889. The average Bonchev–Trinajstić information content (AvgIpc) is 2.34. The Morgan fingerprint density at radius 3 is 2.50 bits per heavy atom. The van der Waals surface area contributed by atoms with E-state index in [9.17, 15) is 0 Å². The summed E-state index contributed by atoms with van der Waals surface area (Å²) in [6.07, 6.45) is 3.78. The molecule has 2 N–H and O–H groups in total. The maximum atomic E-state index is 5.96. The van der Waals surface area contributed by atoms with Crippen LogP contribution < -0.4 is 10.6 Å². The Balaban J connectivity index is 0.00000361. The molecule has 0 aromatic rings. The lowest BCUT2D eigenvalue weighted by atomic mass is 9.64. The number of halogens is 1. The van der Waals surface area contributed by atoms with Gasteiger partial charge in [-0.2, -0.15) is 0 Å². The molecule has 0 spiro atoms. The van der Waals surface area contributed by atoms with Gasteiger partial charge in [-0.3, -0.25) is 4.99 Å². The third-order valence-electron chi connectivity index (χ3n) is 3.95. The van der Waals surface area contributed by atoms with Crippen LogP contribution in [0.1, 0.15) is 53.9 Å². The van der Waals surface area contributed by atoms with Gasteiger partial charge in [0.1, 0.15) is 0 Å². The Labute approximate surface area is 141 Å². The number of nitrogens with one attached hydrogen (secondary N) is 2. The molecule has 0 heterocycles. The van der Waals surface area contributed by atoms with Crippen LogP contribution in [-0.2, 0) is 4.74 Å². The topological polar surface area (TPSA) is 45.6 Å². The lowest BCUT2D eigenvalue weighted by Crippen LogP contribution is -2.64. The molecule has 0 aromatic carbocycles. The second-order valence-electron chi connectivity index (χ2n) is 6.34. The first-order chi connectivity index (χ1) is 8.91. The van der Waals surface area contributed by atoms with E-state index in [4.69, 9.17) is 4.74 Å². The highest BCUT2D eigenvalue weighted by atomic mass is 127. The van der Waals surface area contributed by atoms with Gasteiger partial charge in [0.05, 0.1) is 6.10 Å². The summed E-state index contributed by atoms with van der Waals surface area (Å²) in [7, 11) is 1.82. The number of hydrogen-bond acceptors (Lipinski definition) is 2. The van der Waals surface area contributed by atoms with Crippen molar-refractivity contribution in [2.45, 2.75) is 72.1 Å². The molecule has 20 heavy (non-hydrogen) atoms. The van der Waals surface area contributed by atoms with Crippen molar-refractivity contribution in [3.63, 3.8) is 0 Å². The van der Waals surface area contributed by atoms with E-state index in [0.29, 0.717) is 18.2 Å². The van der Waals surface area contributed by atoms with Crippen molar-refractivity contribution < 1.29 is 4.74 Å². The summed E-state index contributed by atoms with van der Waals surface area (Å²) >= 11 is 0. The van der Waals surface area contributed by atoms with Crippen molar-refractivity contribution in [2.24, 2.45) is 10.4 Å². The van der Waals surface area contributed by atoms with Crippen LogP contribution in [0.15, 0.2) is 4.99 Å². The molecule has 1 fully saturated rings. The van der Waals surface area contributed by atoms with Gasteiger partial charge in [0, 0.05) is 31.2 Å². The van der Waals surface area contributed by atoms with Crippen molar-refractivity contribution in [1.29, 1.82) is 0 Å². The van der Waals surface area contributed by atoms with Crippen LogP contribution in [0.2, 0.25) is 0 Å². The minimum Gasteiger partial charge on any atom is -0.378 e. The Bertz CT molecular complexity index is 305. The van der Waals surface area contributed by atoms with Crippen LogP contribution in [0.25, 0.3) is 0 Å². The zero-order chi connectivity index (χ0) is 14.5. The van der Waals surface area contributed by atoms with Crippen molar-refractivity contribution in [1.82, 2.24) is 10.6 Å². The number of nitrogens with zero attached hydrogens (tertiary/aromatic N) is 1. The number of guanidine groups is 1. The van der Waals surface area contributed by atoms with E-state index in [-0.39, 0.29) is 29.4 Å². The number of aliphatic imine (C=N–C) groups is 1. The van der Waals surface area contributed by atoms with Gasteiger partial charge in [-0.1, -0.05) is 27.2 Å². The van der Waals surface area contributed by atoms with Gasteiger partial charge in [0.15, 0.2) is 5.96 Å². The second kappa shape index (κ2) is 9.07. The number of ether oxygens (including phenoxy) is 1. The Morgan fingerprint density at radius 1 is 1.40 bits per heavy atom. The normalized spacial score (nSPS) is 24.9. The molecule has 1 saturated carbocycles. The molecule has 2 unspecified atom stereocenters. The Hall–Kier alpha value is -0.0400. The minimum atomic E-state index is 0. The molecule has 4 nitrogen and oxygen atoms in total. The smallest absolute Gasteiger partial charge is 0.191 e. The highest BCUT2D eigenvalue weighted by molar-refractivity contribution is 14.0. The quantitative estimate of drug-likeness (QED) is 0.313. The highest BCUT2D eigenvalue weighted by Gasteiger charge is 2.49. The summed E-state index contributed by atoms with van der Waals surface area (Å²) < 4.78 is 5.96. The fourth-order valence-corrected chi connectivity index (χ4v) is 2.39. The van der Waals surface area contributed by atoms with Crippen molar-refractivity contribution in [3.8, 4) is 0 Å². The van der Waals surface area contributed by atoms with Gasteiger partial charge in [-0.25, -0.2) is 0 Å². The van der Waals surface area contributed by atoms with E-state index in [1.165, 1.54) is 6.42 Å². The molecule has 0 radical (unpaired) electrons. The lowest BCUT2D eigenvalue weighted by Gasteiger charge is -2.52. The second-order valence-corrected chi connectivity index (χ2v) is 6.34. The third kappa shape index (κ3) is 5.39. The fraction of sp³-hybridized carbons (Fsp3) is 0.933. The molecule has 0 bridgehead atoms. The summed E-state index contributed by atoms with van der Waals surface area (Å²) in [4.78, 5) is 4.27. The minimum absolute atomic E-state index is 0. The molecule has 0 aromatic heterocycles. The van der Waals surface area contributed by atoms with Crippen LogP contribution in [0.4, 0.5) is 0 Å². The van der Waals surface area contributed by atoms with Crippen LogP contribution in [0.5, 0.6) is 0 Å². The number of hydrogen-bond donors (Lipinski definition) is 2. The zero-order valence-corrected chi connectivity index (χ0v) is 16.2. The van der Waals surface area contributed by atoms with E-state index in [0.717, 1.165) is 25.4 Å². The molecular weight excluding hydrogens is 365 g/mol. The first-order valence-electron chi connectivity index (χ1n) is 7.53. The van der Waals surface area contributed by atoms with Crippen molar-refractivity contribution in [2.75, 3.05) is 13.7 Å². The van der Waals surface area contributed by atoms with Gasteiger partial charge in [0.2, 0.25) is 0 Å². The van der Waals surface area contributed by atoms with Crippen molar-refractivity contribution in [3.05, 3.63) is 0 Å². The molecule has 0 amide bonds. The molecule has 0 saturated heterocycles. The molecule has 120 valence electrons. The predicted molar refractivity (Wildman–Crippen MR) is 97.0 cm³/mol. The molecule has 5 heteroatoms. The molecule has 1 aliphatic carbocycles. The van der Waals surface area contributed by atoms with Crippen LogP contribution >= 0.6 is 24.0 Å². The van der Waals surface area contributed by atoms with Crippen LogP contribution in [0.3, 0.4) is 0 Å². The largest absolute Gasteiger partial charge is 0.378 e. The van der Waals surface area contributed by atoms with E-state index in [2.05, 4.69) is 50.2 Å². The molecule has 1 rings (SSSR count). The molecule has 0 aliphatic heterocycles. The standard InChI is InChI=1S/C15H31N3O.HI/c1-7-8-9-19-13-10-12(15(13,4)5)18-14(16-6)17-11(2)3;/h11-13H,7-10H2,1-6H3,(H2,16,17,18);1H. The van der Waals surface area contributed by atoms with Crippen molar-refractivity contribution >= 4 is 29.9 Å². The summed E-state index contributed by atoms with van der Waals surface area (Å²) in [5, 5.41) is 6.84. The monoisotopic (exact) mass is 397 g/mol. The van der Waals surface area contributed by atoms with Gasteiger partial charge in [-0.05, 0) is 26.7 Å². The lowest BCUT2D eigenvalue weighted by molar-refractivity contribution is -0.113. The first kappa shape index (κ1) is 20.0. The third-order valence-corrected chi connectivity index (χ3v) is 3.95. The molecular formula is C15H32IN3O. The summed E-state index contributed by atoms with van der Waals surface area (Å²) in [6, 6.07) is 0.829. The Morgan fingerprint density at radius 2 is 2.05 bits per heavy atom. The number of rotatable bonds is 6. The first-order valence-corrected chi connectivity index (χ1v) is 7.53. The van der Waals surface area contributed by atoms with Crippen LogP contribution in [-0.4, -0.2) is 37.8 Å². The maximum absolute atomic E-state index is 5.96. The van der Waals surface area contributed by atoms with Gasteiger partial charge >= 0.3 is 0 Å². The molecule has 1 aliphatic rings. The highest BCUT2D eigenvalue weighted by Crippen LogP contribution is 2.42. The average molecular weight is 397 g/mol. The summed E-state index contributed by atoms with van der Waals surface area (Å²) in [6.45, 7) is 11.9. The van der Waals surface area contributed by atoms with Gasteiger partial charge in [0.25, 0.3) is 0 Å². The SMILES string of the molecule is CCCCOC1CC(NC(=NC)NC(C)C)C1(C)C.I. The Kier molecular flexibility index (Phi) is 9.06. The van der Waals surface area contributed by atoms with E-state index < -0.39 is 0 Å².